The molecule has 1 aliphatic heterocycles. The van der Waals surface area contributed by atoms with E-state index in [0.717, 1.165) is 53.6 Å². The predicted molar refractivity (Wildman–Crippen MR) is 89.2 cm³/mol. The minimum Gasteiger partial charge on any atom is -0.481 e. The number of thiophene rings is 1. The van der Waals surface area contributed by atoms with Gasteiger partial charge >= 0.3 is 5.97 Å². The fourth-order valence-corrected chi connectivity index (χ4v) is 5.10. The zero-order chi connectivity index (χ0) is 14.8. The van der Waals surface area contributed by atoms with Crippen LogP contribution in [0.3, 0.4) is 0 Å². The van der Waals surface area contributed by atoms with Crippen LogP contribution in [0.4, 0.5) is 0 Å². The van der Waals surface area contributed by atoms with Gasteiger partial charge in [-0.15, -0.1) is 11.3 Å². The second kappa shape index (κ2) is 6.90. The van der Waals surface area contributed by atoms with Crippen molar-refractivity contribution in [1.82, 2.24) is 4.90 Å². The van der Waals surface area contributed by atoms with Crippen LogP contribution in [0, 0.1) is 5.41 Å². The molecular formula is C14H19Br2NO2S. The van der Waals surface area contributed by atoms with Crippen LogP contribution < -0.4 is 0 Å². The average Bonchev–Trinajstić information content (AvgIpc) is 2.71. The third kappa shape index (κ3) is 3.64. The molecule has 0 spiro atoms. The van der Waals surface area contributed by atoms with Gasteiger partial charge in [-0.25, -0.2) is 0 Å². The maximum absolute atomic E-state index is 11.6. The Balaban J connectivity index is 1.95. The molecule has 0 saturated carbocycles. The van der Waals surface area contributed by atoms with E-state index in [9.17, 15) is 9.90 Å². The molecule has 1 aromatic heterocycles. The highest BCUT2D eigenvalue weighted by Crippen LogP contribution is 2.38. The molecular weight excluding hydrogens is 406 g/mol. The zero-order valence-corrected chi connectivity index (χ0v) is 15.5. The summed E-state index contributed by atoms with van der Waals surface area (Å²) in [4.78, 5) is 15.2. The third-order valence-electron chi connectivity index (χ3n) is 4.07. The Hall–Kier alpha value is 0.0900. The molecule has 1 fully saturated rings. The number of carbonyl (C=O) groups is 1. The molecule has 1 N–H and O–H groups in total. The lowest BCUT2D eigenvalue weighted by molar-refractivity contribution is -0.152. The molecule has 6 heteroatoms. The minimum atomic E-state index is -0.611. The lowest BCUT2D eigenvalue weighted by atomic mass is 9.75. The van der Waals surface area contributed by atoms with E-state index < -0.39 is 11.4 Å². The van der Waals surface area contributed by atoms with Gasteiger partial charge in [0.15, 0.2) is 0 Å². The van der Waals surface area contributed by atoms with Gasteiger partial charge in [-0.05, 0) is 70.3 Å². The van der Waals surface area contributed by atoms with Crippen molar-refractivity contribution < 1.29 is 9.90 Å². The molecule has 1 aliphatic rings. The van der Waals surface area contributed by atoms with Gasteiger partial charge in [0.2, 0.25) is 0 Å². The summed E-state index contributed by atoms with van der Waals surface area (Å²) in [5.41, 5.74) is -0.484. The van der Waals surface area contributed by atoms with E-state index in [4.69, 9.17) is 0 Å². The Labute approximate surface area is 140 Å². The summed E-state index contributed by atoms with van der Waals surface area (Å²) in [7, 11) is 0. The van der Waals surface area contributed by atoms with E-state index in [1.807, 2.05) is 0 Å². The molecule has 20 heavy (non-hydrogen) atoms. The van der Waals surface area contributed by atoms with E-state index in [-0.39, 0.29) is 0 Å². The predicted octanol–water partition coefficient (Wildman–Crippen LogP) is 4.74. The summed E-state index contributed by atoms with van der Waals surface area (Å²) in [5.74, 6) is -0.611. The first-order valence-corrected chi connectivity index (χ1v) is 9.26. The molecule has 0 atom stereocenters. The second-order valence-electron chi connectivity index (χ2n) is 5.45. The van der Waals surface area contributed by atoms with Gasteiger partial charge < -0.3 is 5.11 Å². The first kappa shape index (κ1) is 16.5. The highest BCUT2D eigenvalue weighted by molar-refractivity contribution is 9.13. The van der Waals surface area contributed by atoms with Crippen LogP contribution in [0.25, 0.3) is 0 Å². The second-order valence-corrected chi connectivity index (χ2v) is 8.75. The van der Waals surface area contributed by atoms with Gasteiger partial charge in [0.1, 0.15) is 0 Å². The number of hydrogen-bond donors (Lipinski definition) is 1. The molecule has 0 unspecified atom stereocenters. The molecule has 0 aliphatic carbocycles. The molecule has 0 radical (unpaired) electrons. The fraction of sp³-hybridized carbons (Fsp3) is 0.643. The number of likely N-dealkylation sites (tertiary alicyclic amines) is 1. The van der Waals surface area contributed by atoms with E-state index in [2.05, 4.69) is 49.7 Å². The SMILES string of the molecule is CCCC1(C(=O)O)CCN(Cc2cc(Br)c(Br)s2)CC1. The molecule has 1 aromatic rings. The van der Waals surface area contributed by atoms with Crippen LogP contribution >= 0.6 is 43.2 Å². The number of halogens is 2. The molecule has 112 valence electrons. The van der Waals surface area contributed by atoms with Crippen LogP contribution in [0.5, 0.6) is 0 Å². The molecule has 0 bridgehead atoms. The third-order valence-corrected chi connectivity index (χ3v) is 7.31. The molecule has 1 saturated heterocycles. The summed E-state index contributed by atoms with van der Waals surface area (Å²) >= 11 is 8.76. The molecule has 2 heterocycles. The molecule has 0 amide bonds. The Morgan fingerprint density at radius 1 is 1.45 bits per heavy atom. The van der Waals surface area contributed by atoms with Gasteiger partial charge in [0.05, 0.1) is 9.20 Å². The quantitative estimate of drug-likeness (QED) is 0.741. The van der Waals surface area contributed by atoms with Crippen molar-refractivity contribution in [2.45, 2.75) is 39.2 Å². The van der Waals surface area contributed by atoms with Crippen molar-refractivity contribution in [3.63, 3.8) is 0 Å². The van der Waals surface area contributed by atoms with Crippen LogP contribution in [-0.4, -0.2) is 29.1 Å². The van der Waals surface area contributed by atoms with Crippen molar-refractivity contribution >= 4 is 49.2 Å². The summed E-state index contributed by atoms with van der Waals surface area (Å²) in [5, 5.41) is 9.51. The lowest BCUT2D eigenvalue weighted by Gasteiger charge is -2.38. The smallest absolute Gasteiger partial charge is 0.309 e. The number of carboxylic acids is 1. The number of hydrogen-bond acceptors (Lipinski definition) is 3. The standard InChI is InChI=1S/C14H19Br2NO2S/c1-2-3-14(13(18)19)4-6-17(7-5-14)9-10-8-11(15)12(16)20-10/h8H,2-7,9H2,1H3,(H,18,19). The van der Waals surface area contributed by atoms with Crippen molar-refractivity contribution in [2.75, 3.05) is 13.1 Å². The largest absolute Gasteiger partial charge is 0.481 e. The molecule has 0 aromatic carbocycles. The number of aliphatic carboxylic acids is 1. The highest BCUT2D eigenvalue weighted by atomic mass is 79.9. The summed E-state index contributed by atoms with van der Waals surface area (Å²) in [6.45, 7) is 4.73. The van der Waals surface area contributed by atoms with Crippen molar-refractivity contribution in [2.24, 2.45) is 5.41 Å². The summed E-state index contributed by atoms with van der Waals surface area (Å²) in [6, 6.07) is 2.14. The van der Waals surface area contributed by atoms with E-state index in [0.29, 0.717) is 0 Å². The van der Waals surface area contributed by atoms with Crippen molar-refractivity contribution in [3.05, 3.63) is 19.2 Å². The Morgan fingerprint density at radius 2 is 2.10 bits per heavy atom. The van der Waals surface area contributed by atoms with E-state index in [1.54, 1.807) is 11.3 Å². The number of nitrogens with zero attached hydrogens (tertiary/aromatic N) is 1. The van der Waals surface area contributed by atoms with Gasteiger partial charge in [-0.1, -0.05) is 13.3 Å². The summed E-state index contributed by atoms with van der Waals surface area (Å²) < 4.78 is 2.22. The molecule has 3 nitrogen and oxygen atoms in total. The van der Waals surface area contributed by atoms with Gasteiger partial charge in [-0.3, -0.25) is 9.69 Å². The normalized spacial score (nSPS) is 19.1. The first-order chi connectivity index (χ1) is 9.47. The summed E-state index contributed by atoms with van der Waals surface area (Å²) in [6.07, 6.45) is 3.27. The van der Waals surface area contributed by atoms with Gasteiger partial charge in [-0.2, -0.15) is 0 Å². The monoisotopic (exact) mass is 423 g/mol. The average molecular weight is 425 g/mol. The van der Waals surface area contributed by atoms with Gasteiger partial charge in [0, 0.05) is 15.9 Å². The fourth-order valence-electron chi connectivity index (χ4n) is 2.88. The van der Waals surface area contributed by atoms with Crippen LogP contribution in [0.15, 0.2) is 14.3 Å². The van der Waals surface area contributed by atoms with Gasteiger partial charge in [0.25, 0.3) is 0 Å². The Kier molecular flexibility index (Phi) is 5.68. The molecule has 2 rings (SSSR count). The number of rotatable bonds is 5. The van der Waals surface area contributed by atoms with Crippen LogP contribution in [-0.2, 0) is 11.3 Å². The number of carboxylic acid groups (broad SMARTS) is 1. The maximum atomic E-state index is 11.6. The van der Waals surface area contributed by atoms with Crippen LogP contribution in [0.2, 0.25) is 0 Å². The lowest BCUT2D eigenvalue weighted by Crippen LogP contribution is -2.43. The Morgan fingerprint density at radius 3 is 2.55 bits per heavy atom. The van der Waals surface area contributed by atoms with Crippen molar-refractivity contribution in [3.8, 4) is 0 Å². The van der Waals surface area contributed by atoms with E-state index in [1.165, 1.54) is 4.88 Å². The maximum Gasteiger partial charge on any atom is 0.309 e. The van der Waals surface area contributed by atoms with E-state index >= 15 is 0 Å². The van der Waals surface area contributed by atoms with Crippen LogP contribution in [0.1, 0.15) is 37.5 Å². The topological polar surface area (TPSA) is 40.5 Å². The zero-order valence-electron chi connectivity index (χ0n) is 11.5. The number of piperidine rings is 1. The minimum absolute atomic E-state index is 0.484. The van der Waals surface area contributed by atoms with Crippen molar-refractivity contribution in [1.29, 1.82) is 0 Å². The first-order valence-electron chi connectivity index (χ1n) is 6.86. The highest BCUT2D eigenvalue weighted by Gasteiger charge is 2.40. The Bertz CT molecular complexity index is 462.